The van der Waals surface area contributed by atoms with Gasteiger partial charge in [0.05, 0.1) is 10.4 Å². The molecule has 84 valence electrons. The Hall–Kier alpha value is -0.960. The molecule has 0 unspecified atom stereocenters. The lowest BCUT2D eigenvalue weighted by atomic mass is 9.96. The quantitative estimate of drug-likeness (QED) is 0.763. The van der Waals surface area contributed by atoms with E-state index in [0.29, 0.717) is 0 Å². The number of aromatic amines is 1. The Bertz CT molecular complexity index is 542. The largest absolute Gasteiger partial charge is 0.356 e. The van der Waals surface area contributed by atoms with E-state index in [-0.39, 0.29) is 0 Å². The summed E-state index contributed by atoms with van der Waals surface area (Å²) in [6.07, 6.45) is 7.09. The number of pyridine rings is 1. The Labute approximate surface area is 99.8 Å². The molecule has 2 nitrogen and oxygen atoms in total. The van der Waals surface area contributed by atoms with Crippen LogP contribution in [0.15, 0.2) is 11.0 Å². The Morgan fingerprint density at radius 3 is 2.94 bits per heavy atom. The number of aromatic nitrogens is 2. The molecule has 3 heteroatoms. The zero-order valence-corrected chi connectivity index (χ0v) is 10.6. The Morgan fingerprint density at radius 1 is 1.31 bits per heavy atom. The minimum Gasteiger partial charge on any atom is -0.356 e. The van der Waals surface area contributed by atoms with Gasteiger partial charge in [0.25, 0.3) is 0 Å². The SMILES string of the molecule is CSc1c(C)[nH]c2cc3c(nc12)CCCC3. The van der Waals surface area contributed by atoms with Crippen LogP contribution in [0.1, 0.15) is 29.8 Å². The summed E-state index contributed by atoms with van der Waals surface area (Å²) in [5.74, 6) is 0. The van der Waals surface area contributed by atoms with Crippen molar-refractivity contribution in [2.24, 2.45) is 0 Å². The van der Waals surface area contributed by atoms with Gasteiger partial charge in [0, 0.05) is 11.4 Å². The highest BCUT2D eigenvalue weighted by molar-refractivity contribution is 7.98. The van der Waals surface area contributed by atoms with Crippen LogP contribution in [0.3, 0.4) is 0 Å². The van der Waals surface area contributed by atoms with Crippen LogP contribution in [-0.4, -0.2) is 16.2 Å². The molecule has 0 atom stereocenters. The molecule has 0 spiro atoms. The summed E-state index contributed by atoms with van der Waals surface area (Å²) in [4.78, 5) is 9.61. The number of aryl methyl sites for hydroxylation is 3. The van der Waals surface area contributed by atoms with Gasteiger partial charge in [-0.3, -0.25) is 0 Å². The third kappa shape index (κ3) is 1.46. The van der Waals surface area contributed by atoms with Crippen molar-refractivity contribution in [1.82, 2.24) is 9.97 Å². The van der Waals surface area contributed by atoms with Gasteiger partial charge in [-0.15, -0.1) is 11.8 Å². The lowest BCUT2D eigenvalue weighted by Gasteiger charge is -2.14. The molecule has 2 heterocycles. The summed E-state index contributed by atoms with van der Waals surface area (Å²) in [5, 5.41) is 0. The topological polar surface area (TPSA) is 28.7 Å². The summed E-state index contributed by atoms with van der Waals surface area (Å²) in [7, 11) is 0. The molecule has 0 saturated heterocycles. The smallest absolute Gasteiger partial charge is 0.102 e. The third-order valence-corrected chi connectivity index (χ3v) is 4.29. The molecule has 1 aliphatic carbocycles. The van der Waals surface area contributed by atoms with Gasteiger partial charge < -0.3 is 4.98 Å². The molecule has 0 saturated carbocycles. The monoisotopic (exact) mass is 232 g/mol. The van der Waals surface area contributed by atoms with Crippen LogP contribution in [0.4, 0.5) is 0 Å². The molecule has 16 heavy (non-hydrogen) atoms. The van der Waals surface area contributed by atoms with Crippen LogP contribution in [0.5, 0.6) is 0 Å². The van der Waals surface area contributed by atoms with Gasteiger partial charge in [0.15, 0.2) is 0 Å². The normalized spacial score (nSPS) is 15.4. The Morgan fingerprint density at radius 2 is 2.12 bits per heavy atom. The summed E-state index contributed by atoms with van der Waals surface area (Å²) in [6, 6.07) is 2.31. The maximum Gasteiger partial charge on any atom is 0.102 e. The van der Waals surface area contributed by atoms with Gasteiger partial charge >= 0.3 is 0 Å². The number of nitrogens with zero attached hydrogens (tertiary/aromatic N) is 1. The van der Waals surface area contributed by atoms with Gasteiger partial charge in [0.2, 0.25) is 0 Å². The molecule has 0 aliphatic heterocycles. The van der Waals surface area contributed by atoms with Crippen molar-refractivity contribution in [2.75, 3.05) is 6.26 Å². The van der Waals surface area contributed by atoms with Crippen molar-refractivity contribution in [2.45, 2.75) is 37.5 Å². The fourth-order valence-electron chi connectivity index (χ4n) is 2.59. The summed E-state index contributed by atoms with van der Waals surface area (Å²) < 4.78 is 0. The zero-order valence-electron chi connectivity index (χ0n) is 9.76. The fourth-order valence-corrected chi connectivity index (χ4v) is 3.29. The van der Waals surface area contributed by atoms with E-state index in [1.807, 2.05) is 0 Å². The molecule has 2 aromatic heterocycles. The van der Waals surface area contributed by atoms with Gasteiger partial charge in [-0.05, 0) is 50.5 Å². The first kappa shape index (κ1) is 10.2. The Kier molecular flexibility index (Phi) is 2.43. The van der Waals surface area contributed by atoms with E-state index in [1.54, 1.807) is 11.8 Å². The molecular formula is C13H16N2S. The molecule has 1 N–H and O–H groups in total. The van der Waals surface area contributed by atoms with E-state index in [1.165, 1.54) is 52.1 Å². The van der Waals surface area contributed by atoms with Crippen molar-refractivity contribution in [3.63, 3.8) is 0 Å². The van der Waals surface area contributed by atoms with Crippen LogP contribution in [0.25, 0.3) is 11.0 Å². The zero-order chi connectivity index (χ0) is 11.1. The van der Waals surface area contributed by atoms with Gasteiger partial charge in [-0.1, -0.05) is 0 Å². The first-order valence-electron chi connectivity index (χ1n) is 5.84. The van der Waals surface area contributed by atoms with Crippen LogP contribution >= 0.6 is 11.8 Å². The van der Waals surface area contributed by atoms with Crippen LogP contribution in [-0.2, 0) is 12.8 Å². The molecule has 0 bridgehead atoms. The summed E-state index contributed by atoms with van der Waals surface area (Å²) >= 11 is 1.79. The molecule has 0 radical (unpaired) electrons. The fraction of sp³-hybridized carbons (Fsp3) is 0.462. The molecule has 0 fully saturated rings. The third-order valence-electron chi connectivity index (χ3n) is 3.38. The van der Waals surface area contributed by atoms with Crippen molar-refractivity contribution >= 4 is 22.8 Å². The highest BCUT2D eigenvalue weighted by Gasteiger charge is 2.15. The summed E-state index contributed by atoms with van der Waals surface area (Å²) in [6.45, 7) is 2.13. The molecular weight excluding hydrogens is 216 g/mol. The molecule has 1 aliphatic rings. The van der Waals surface area contributed by atoms with Crippen LogP contribution in [0, 0.1) is 6.92 Å². The van der Waals surface area contributed by atoms with Crippen LogP contribution in [0.2, 0.25) is 0 Å². The predicted octanol–water partition coefficient (Wildman–Crippen LogP) is 3.47. The minimum atomic E-state index is 1.16. The second-order valence-corrected chi connectivity index (χ2v) is 5.30. The van der Waals surface area contributed by atoms with Crippen LogP contribution < -0.4 is 0 Å². The highest BCUT2D eigenvalue weighted by Crippen LogP contribution is 2.31. The first-order valence-corrected chi connectivity index (χ1v) is 7.07. The number of rotatable bonds is 1. The second-order valence-electron chi connectivity index (χ2n) is 4.48. The maximum absolute atomic E-state index is 4.86. The Balaban J connectivity index is 2.27. The maximum atomic E-state index is 4.86. The number of hydrogen-bond donors (Lipinski definition) is 1. The van der Waals surface area contributed by atoms with E-state index in [0.717, 1.165) is 6.42 Å². The van der Waals surface area contributed by atoms with E-state index in [4.69, 9.17) is 4.98 Å². The van der Waals surface area contributed by atoms with E-state index in [2.05, 4.69) is 24.2 Å². The molecule has 2 aromatic rings. The van der Waals surface area contributed by atoms with Crippen molar-refractivity contribution in [1.29, 1.82) is 0 Å². The highest BCUT2D eigenvalue weighted by atomic mass is 32.2. The standard InChI is InChI=1S/C13H16N2S/c1-8-13(16-2)12-11(14-8)7-9-5-3-4-6-10(9)15-12/h7,14H,3-6H2,1-2H3. The average molecular weight is 232 g/mol. The molecule has 3 rings (SSSR count). The van der Waals surface area contributed by atoms with Gasteiger partial charge in [0.1, 0.15) is 5.52 Å². The minimum absolute atomic E-state index is 1.16. The first-order chi connectivity index (χ1) is 7.79. The molecule has 0 amide bonds. The lowest BCUT2D eigenvalue weighted by molar-refractivity contribution is 0.671. The van der Waals surface area contributed by atoms with Gasteiger partial charge in [-0.25, -0.2) is 4.98 Å². The number of thioether (sulfide) groups is 1. The molecule has 0 aromatic carbocycles. The number of fused-ring (bicyclic) bond motifs is 2. The van der Waals surface area contributed by atoms with E-state index >= 15 is 0 Å². The van der Waals surface area contributed by atoms with E-state index in [9.17, 15) is 0 Å². The second kappa shape index (κ2) is 3.81. The number of H-pyrrole nitrogens is 1. The summed E-state index contributed by atoms with van der Waals surface area (Å²) in [5.41, 5.74) is 6.41. The number of nitrogens with one attached hydrogen (secondary N) is 1. The van der Waals surface area contributed by atoms with Gasteiger partial charge in [-0.2, -0.15) is 0 Å². The van der Waals surface area contributed by atoms with E-state index < -0.39 is 0 Å². The average Bonchev–Trinajstić information content (AvgIpc) is 2.60. The van der Waals surface area contributed by atoms with Crippen molar-refractivity contribution in [3.05, 3.63) is 23.0 Å². The van der Waals surface area contributed by atoms with Crippen molar-refractivity contribution < 1.29 is 0 Å². The lowest BCUT2D eigenvalue weighted by Crippen LogP contribution is -2.04. The number of hydrogen-bond acceptors (Lipinski definition) is 2. The predicted molar refractivity (Wildman–Crippen MR) is 69.3 cm³/mol. The van der Waals surface area contributed by atoms with Crippen molar-refractivity contribution in [3.8, 4) is 0 Å².